The van der Waals surface area contributed by atoms with E-state index >= 15 is 0 Å². The van der Waals surface area contributed by atoms with Gasteiger partial charge in [-0.15, -0.1) is 0 Å². The van der Waals surface area contributed by atoms with Gasteiger partial charge in [0.1, 0.15) is 5.82 Å². The molecule has 3 rings (SSSR count). The average Bonchev–Trinajstić information content (AvgIpc) is 2.88. The number of rotatable bonds is 7. The number of hydrogen-bond donors (Lipinski definition) is 1. The molecule has 0 saturated heterocycles. The first-order chi connectivity index (χ1) is 13.9. The lowest BCUT2D eigenvalue weighted by Crippen LogP contribution is -2.41. The summed E-state index contributed by atoms with van der Waals surface area (Å²) in [6, 6.07) is 14.9. The maximum absolute atomic E-state index is 14.1. The first-order valence-electron chi connectivity index (χ1n) is 10.8. The van der Waals surface area contributed by atoms with Gasteiger partial charge in [-0.25, -0.2) is 4.39 Å². The number of amides is 1. The number of halogens is 1. The van der Waals surface area contributed by atoms with Crippen molar-refractivity contribution in [2.24, 2.45) is 0 Å². The van der Waals surface area contributed by atoms with E-state index in [1.165, 1.54) is 31.4 Å². The summed E-state index contributed by atoms with van der Waals surface area (Å²) < 4.78 is 14.1. The molecule has 1 N–H and O–H groups in total. The summed E-state index contributed by atoms with van der Waals surface area (Å²) in [6.07, 6.45) is 8.48. The summed E-state index contributed by atoms with van der Waals surface area (Å²) in [4.78, 5) is 13.3. The molecule has 1 amide bonds. The highest BCUT2D eigenvalue weighted by molar-refractivity contribution is 6.20. The molecule has 29 heavy (non-hydrogen) atoms. The normalized spacial score (nSPS) is 16.6. The van der Waals surface area contributed by atoms with Crippen LogP contribution >= 0.6 is 0 Å². The van der Waals surface area contributed by atoms with Gasteiger partial charge in [0, 0.05) is 5.57 Å². The number of nitrogens with one attached hydrogen (secondary N) is 1. The van der Waals surface area contributed by atoms with Crippen molar-refractivity contribution in [2.75, 3.05) is 0 Å². The van der Waals surface area contributed by atoms with Gasteiger partial charge in [-0.1, -0.05) is 68.7 Å². The molecule has 2 aromatic carbocycles. The third kappa shape index (κ3) is 5.14. The number of unbranched alkanes of at least 4 members (excludes halogenated alkanes) is 2. The highest BCUT2D eigenvalue weighted by atomic mass is 19.1. The zero-order valence-corrected chi connectivity index (χ0v) is 17.8. The molecular weight excluding hydrogens is 361 g/mol. The third-order valence-electron chi connectivity index (χ3n) is 5.93. The van der Waals surface area contributed by atoms with Gasteiger partial charge in [-0.3, -0.25) is 4.79 Å². The molecule has 0 radical (unpaired) electrons. The highest BCUT2D eigenvalue weighted by Crippen LogP contribution is 2.37. The minimum absolute atomic E-state index is 0.139. The van der Waals surface area contributed by atoms with Gasteiger partial charge in [0.15, 0.2) is 0 Å². The summed E-state index contributed by atoms with van der Waals surface area (Å²) in [5.41, 5.74) is 2.99. The van der Waals surface area contributed by atoms with E-state index < -0.39 is 5.54 Å². The van der Waals surface area contributed by atoms with Crippen molar-refractivity contribution in [3.05, 3.63) is 77.1 Å². The Morgan fingerprint density at radius 1 is 1.14 bits per heavy atom. The molecule has 0 bridgehead atoms. The predicted octanol–water partition coefficient (Wildman–Crippen LogP) is 6.72. The van der Waals surface area contributed by atoms with Crippen LogP contribution in [0.15, 0.2) is 54.6 Å². The predicted molar refractivity (Wildman–Crippen MR) is 118 cm³/mol. The van der Waals surface area contributed by atoms with Crippen LogP contribution in [0.5, 0.6) is 0 Å². The van der Waals surface area contributed by atoms with Gasteiger partial charge >= 0.3 is 0 Å². The lowest BCUT2D eigenvalue weighted by atomic mass is 9.86. The van der Waals surface area contributed by atoms with Crippen LogP contribution in [0.25, 0.3) is 5.57 Å². The van der Waals surface area contributed by atoms with Crippen molar-refractivity contribution < 1.29 is 9.18 Å². The molecule has 3 heteroatoms. The number of carbonyl (C=O) groups is 1. The molecular formula is C26H32FNO. The largest absolute Gasteiger partial charge is 0.343 e. The third-order valence-corrected chi connectivity index (χ3v) is 5.93. The summed E-state index contributed by atoms with van der Waals surface area (Å²) in [7, 11) is 0. The fourth-order valence-electron chi connectivity index (χ4n) is 4.25. The number of carbonyl (C=O) groups excluding carboxylic acids is 1. The summed E-state index contributed by atoms with van der Waals surface area (Å²) in [5, 5.41) is 3.17. The van der Waals surface area contributed by atoms with E-state index in [0.29, 0.717) is 11.5 Å². The Hall–Kier alpha value is -2.42. The van der Waals surface area contributed by atoms with Crippen LogP contribution in [0.2, 0.25) is 0 Å². The minimum Gasteiger partial charge on any atom is -0.343 e. The van der Waals surface area contributed by atoms with Gasteiger partial charge in [-0.05, 0) is 67.9 Å². The second kappa shape index (κ2) is 9.39. The maximum Gasteiger partial charge on any atom is 0.252 e. The van der Waals surface area contributed by atoms with E-state index in [0.717, 1.165) is 36.0 Å². The fraction of sp³-hybridized carbons (Fsp3) is 0.423. The van der Waals surface area contributed by atoms with E-state index in [1.54, 1.807) is 0 Å². The Labute approximate surface area is 174 Å². The molecule has 1 aliphatic rings. The Morgan fingerprint density at radius 3 is 2.62 bits per heavy atom. The summed E-state index contributed by atoms with van der Waals surface area (Å²) in [5.74, 6) is -0.0558. The lowest BCUT2D eigenvalue weighted by molar-refractivity contribution is -0.117. The van der Waals surface area contributed by atoms with Gasteiger partial charge in [0.2, 0.25) is 0 Å². The standard InChI is InChI=1S/C26H32FNO/c1-4-5-7-11-19-12-10-15-23(24-18-21(27)16-17-22(19)24)25(29)28-26(2,3)20-13-8-6-9-14-20/h6,8-9,13-19H,4-5,7,10-12H2,1-3H3,(H,28,29). The first-order valence-corrected chi connectivity index (χ1v) is 10.8. The second-order valence-corrected chi connectivity index (χ2v) is 8.56. The van der Waals surface area contributed by atoms with Crippen molar-refractivity contribution in [2.45, 2.75) is 70.8 Å². The summed E-state index contributed by atoms with van der Waals surface area (Å²) >= 11 is 0. The number of fused-ring (bicyclic) bond motifs is 1. The quantitative estimate of drug-likeness (QED) is 0.520. The zero-order chi connectivity index (χ0) is 20.9. The second-order valence-electron chi connectivity index (χ2n) is 8.56. The monoisotopic (exact) mass is 393 g/mol. The minimum atomic E-state index is -0.514. The van der Waals surface area contributed by atoms with Crippen LogP contribution in [0.4, 0.5) is 4.39 Å². The zero-order valence-electron chi connectivity index (χ0n) is 17.8. The van der Waals surface area contributed by atoms with E-state index in [1.807, 2.05) is 56.3 Å². The Kier molecular flexibility index (Phi) is 6.89. The van der Waals surface area contributed by atoms with Crippen LogP contribution in [-0.2, 0) is 10.3 Å². The number of benzene rings is 2. The van der Waals surface area contributed by atoms with Crippen molar-refractivity contribution in [3.63, 3.8) is 0 Å². The van der Waals surface area contributed by atoms with Crippen molar-refractivity contribution >= 4 is 11.5 Å². The lowest BCUT2D eigenvalue weighted by Gasteiger charge is -2.28. The van der Waals surface area contributed by atoms with E-state index in [9.17, 15) is 9.18 Å². The van der Waals surface area contributed by atoms with Crippen molar-refractivity contribution in [3.8, 4) is 0 Å². The molecule has 154 valence electrons. The number of allylic oxidation sites excluding steroid dienone is 1. The molecule has 0 spiro atoms. The molecule has 2 nitrogen and oxygen atoms in total. The van der Waals surface area contributed by atoms with Crippen LogP contribution in [0.3, 0.4) is 0 Å². The Bertz CT molecular complexity index is 870. The van der Waals surface area contributed by atoms with Gasteiger partial charge in [0.25, 0.3) is 5.91 Å². The Morgan fingerprint density at radius 2 is 1.90 bits per heavy atom. The number of hydrogen-bond acceptors (Lipinski definition) is 1. The average molecular weight is 394 g/mol. The maximum atomic E-state index is 14.1. The smallest absolute Gasteiger partial charge is 0.252 e. The molecule has 2 aromatic rings. The molecule has 0 saturated carbocycles. The fourth-order valence-corrected chi connectivity index (χ4v) is 4.25. The molecule has 1 atom stereocenters. The van der Waals surface area contributed by atoms with Crippen molar-refractivity contribution in [1.82, 2.24) is 5.32 Å². The van der Waals surface area contributed by atoms with E-state index in [4.69, 9.17) is 0 Å². The Balaban J connectivity index is 1.88. The molecule has 1 unspecified atom stereocenters. The van der Waals surface area contributed by atoms with Gasteiger partial charge in [0.05, 0.1) is 5.54 Å². The van der Waals surface area contributed by atoms with Gasteiger partial charge in [-0.2, -0.15) is 0 Å². The van der Waals surface area contributed by atoms with Crippen molar-refractivity contribution in [1.29, 1.82) is 0 Å². The van der Waals surface area contributed by atoms with Crippen LogP contribution in [0.1, 0.15) is 81.9 Å². The highest BCUT2D eigenvalue weighted by Gasteiger charge is 2.28. The molecule has 0 aliphatic heterocycles. The van der Waals surface area contributed by atoms with Crippen LogP contribution in [-0.4, -0.2) is 5.91 Å². The molecule has 0 aromatic heterocycles. The van der Waals surface area contributed by atoms with Gasteiger partial charge < -0.3 is 5.32 Å². The van der Waals surface area contributed by atoms with Crippen LogP contribution < -0.4 is 5.32 Å². The summed E-state index contributed by atoms with van der Waals surface area (Å²) in [6.45, 7) is 6.20. The molecule has 0 fully saturated rings. The van der Waals surface area contributed by atoms with E-state index in [-0.39, 0.29) is 11.7 Å². The first kappa shape index (κ1) is 21.3. The van der Waals surface area contributed by atoms with Crippen LogP contribution in [0, 0.1) is 5.82 Å². The molecule has 1 aliphatic carbocycles. The van der Waals surface area contributed by atoms with E-state index in [2.05, 4.69) is 12.2 Å². The molecule has 0 heterocycles. The SMILES string of the molecule is CCCCCC1CCC=C(C(=O)NC(C)(C)c2ccccc2)c2cc(F)ccc21. The topological polar surface area (TPSA) is 29.1 Å².